The molecular weight excluding hydrogens is 250 g/mol. The van der Waals surface area contributed by atoms with E-state index in [0.717, 1.165) is 18.8 Å². The number of hydrogen-bond donors (Lipinski definition) is 1. The van der Waals surface area contributed by atoms with Crippen molar-refractivity contribution in [2.75, 3.05) is 26.2 Å². The lowest BCUT2D eigenvalue weighted by Crippen LogP contribution is -2.42. The van der Waals surface area contributed by atoms with Crippen molar-refractivity contribution in [2.24, 2.45) is 0 Å². The molecule has 1 heterocycles. The molecule has 0 spiro atoms. The summed E-state index contributed by atoms with van der Waals surface area (Å²) in [6, 6.07) is 10.6. The summed E-state index contributed by atoms with van der Waals surface area (Å²) in [7, 11) is 0. The van der Waals surface area contributed by atoms with Crippen molar-refractivity contribution < 1.29 is 4.74 Å². The number of benzene rings is 1. The Morgan fingerprint density at radius 1 is 1.30 bits per heavy atom. The molecule has 0 aliphatic carbocycles. The van der Waals surface area contributed by atoms with Crippen LogP contribution in [0.15, 0.2) is 24.3 Å². The number of ether oxygens (including phenoxy) is 1. The molecule has 0 radical (unpaired) electrons. The van der Waals surface area contributed by atoms with Crippen LogP contribution in [0.4, 0.5) is 0 Å². The number of nitrogens with zero attached hydrogens (tertiary/aromatic N) is 2. The molecule has 108 valence electrons. The van der Waals surface area contributed by atoms with Crippen LogP contribution >= 0.6 is 0 Å². The molecule has 4 nitrogen and oxygen atoms in total. The summed E-state index contributed by atoms with van der Waals surface area (Å²) >= 11 is 0. The normalized spacial score (nSPS) is 16.8. The minimum atomic E-state index is 0.105. The molecule has 1 aliphatic heterocycles. The van der Waals surface area contributed by atoms with Crippen LogP contribution in [0.3, 0.4) is 0 Å². The van der Waals surface area contributed by atoms with Gasteiger partial charge in [0.15, 0.2) is 6.61 Å². The van der Waals surface area contributed by atoms with Crippen LogP contribution < -0.4 is 10.1 Å². The highest BCUT2D eigenvalue weighted by Gasteiger charge is 2.17. The molecule has 1 fully saturated rings. The lowest BCUT2D eigenvalue weighted by molar-refractivity contribution is 0.206. The first-order valence-electron chi connectivity index (χ1n) is 7.36. The largest absolute Gasteiger partial charge is 0.479 e. The number of hydrogen-bond acceptors (Lipinski definition) is 4. The van der Waals surface area contributed by atoms with Crippen LogP contribution in [0.2, 0.25) is 0 Å². The summed E-state index contributed by atoms with van der Waals surface area (Å²) in [6.07, 6.45) is 2.47. The van der Waals surface area contributed by atoms with E-state index < -0.39 is 0 Å². The van der Waals surface area contributed by atoms with Crippen molar-refractivity contribution in [3.63, 3.8) is 0 Å². The summed E-state index contributed by atoms with van der Waals surface area (Å²) in [5.41, 5.74) is 1.26. The van der Waals surface area contributed by atoms with Crippen molar-refractivity contribution in [1.29, 1.82) is 5.26 Å². The highest BCUT2D eigenvalue weighted by molar-refractivity contribution is 5.27. The Bertz CT molecular complexity index is 430. The van der Waals surface area contributed by atoms with Crippen LogP contribution in [0.5, 0.6) is 5.75 Å². The van der Waals surface area contributed by atoms with Gasteiger partial charge in [-0.25, -0.2) is 0 Å². The fourth-order valence-electron chi connectivity index (χ4n) is 2.53. The predicted octanol–water partition coefficient (Wildman–Crippen LogP) is 2.16. The zero-order valence-corrected chi connectivity index (χ0v) is 12.1. The van der Waals surface area contributed by atoms with Gasteiger partial charge in [0, 0.05) is 12.6 Å². The van der Waals surface area contributed by atoms with Gasteiger partial charge in [0.05, 0.1) is 0 Å². The molecule has 2 rings (SSSR count). The monoisotopic (exact) mass is 273 g/mol. The zero-order valence-electron chi connectivity index (χ0n) is 12.1. The van der Waals surface area contributed by atoms with E-state index in [1.165, 1.54) is 31.5 Å². The number of rotatable bonds is 6. The van der Waals surface area contributed by atoms with Crippen molar-refractivity contribution in [3.05, 3.63) is 29.8 Å². The van der Waals surface area contributed by atoms with Crippen molar-refractivity contribution in [3.8, 4) is 11.8 Å². The average Bonchev–Trinajstić information content (AvgIpc) is 2.52. The number of piperidine rings is 1. The fourth-order valence-corrected chi connectivity index (χ4v) is 2.53. The van der Waals surface area contributed by atoms with Gasteiger partial charge in [0.25, 0.3) is 0 Å². The highest BCUT2D eigenvalue weighted by Crippen LogP contribution is 2.14. The molecule has 0 bridgehead atoms. The van der Waals surface area contributed by atoms with Crippen molar-refractivity contribution in [1.82, 2.24) is 10.2 Å². The van der Waals surface area contributed by atoms with Gasteiger partial charge in [-0.3, -0.25) is 0 Å². The average molecular weight is 273 g/mol. The maximum Gasteiger partial charge on any atom is 0.174 e. The summed E-state index contributed by atoms with van der Waals surface area (Å²) in [6.45, 7) is 6.80. The third kappa shape index (κ3) is 4.52. The second-order valence-corrected chi connectivity index (χ2v) is 5.18. The third-order valence-corrected chi connectivity index (χ3v) is 3.86. The minimum absolute atomic E-state index is 0.105. The molecule has 4 heteroatoms. The third-order valence-electron chi connectivity index (χ3n) is 3.86. The van der Waals surface area contributed by atoms with E-state index in [-0.39, 0.29) is 6.61 Å². The maximum absolute atomic E-state index is 8.46. The molecule has 0 unspecified atom stereocenters. The summed E-state index contributed by atoms with van der Waals surface area (Å²) in [5.74, 6) is 0.756. The molecule has 0 saturated carbocycles. The Balaban J connectivity index is 1.73. The van der Waals surface area contributed by atoms with Crippen LogP contribution in [-0.4, -0.2) is 37.2 Å². The molecule has 0 atom stereocenters. The number of nitriles is 1. The lowest BCUT2D eigenvalue weighted by Gasteiger charge is -2.31. The molecule has 1 aromatic carbocycles. The number of likely N-dealkylation sites (tertiary alicyclic amines) is 1. The summed E-state index contributed by atoms with van der Waals surface area (Å²) < 4.78 is 5.24. The van der Waals surface area contributed by atoms with E-state index >= 15 is 0 Å². The van der Waals surface area contributed by atoms with Gasteiger partial charge in [-0.05, 0) is 50.2 Å². The van der Waals surface area contributed by atoms with E-state index in [1.54, 1.807) is 0 Å². The standard InChI is InChI=1S/C16H23N3O/c1-2-19-10-7-15(8-11-19)18-13-14-3-5-16(6-4-14)20-12-9-17/h3-6,15,18H,2,7-8,10-13H2,1H3. The first kappa shape index (κ1) is 14.8. The van der Waals surface area contributed by atoms with E-state index in [0.29, 0.717) is 6.04 Å². The van der Waals surface area contributed by atoms with E-state index in [2.05, 4.69) is 29.3 Å². The Morgan fingerprint density at radius 3 is 2.60 bits per heavy atom. The Labute approximate surface area is 121 Å². The van der Waals surface area contributed by atoms with Gasteiger partial charge in [-0.1, -0.05) is 19.1 Å². The quantitative estimate of drug-likeness (QED) is 0.863. The highest BCUT2D eigenvalue weighted by atomic mass is 16.5. The first-order chi connectivity index (χ1) is 9.81. The number of nitrogens with one attached hydrogen (secondary N) is 1. The minimum Gasteiger partial charge on any atom is -0.479 e. The van der Waals surface area contributed by atoms with Gasteiger partial charge in [0.2, 0.25) is 0 Å². The molecule has 0 amide bonds. The van der Waals surface area contributed by atoms with Crippen LogP contribution in [0, 0.1) is 11.3 Å². The molecule has 1 saturated heterocycles. The molecule has 1 aromatic rings. The Hall–Kier alpha value is -1.57. The predicted molar refractivity (Wildman–Crippen MR) is 79.5 cm³/mol. The smallest absolute Gasteiger partial charge is 0.174 e. The van der Waals surface area contributed by atoms with Crippen LogP contribution in [0.1, 0.15) is 25.3 Å². The van der Waals surface area contributed by atoms with Gasteiger partial charge in [0.1, 0.15) is 11.8 Å². The summed E-state index contributed by atoms with van der Waals surface area (Å²) in [4.78, 5) is 2.50. The van der Waals surface area contributed by atoms with E-state index in [4.69, 9.17) is 10.00 Å². The van der Waals surface area contributed by atoms with E-state index in [1.807, 2.05) is 18.2 Å². The Kier molecular flexibility index (Phi) is 5.85. The topological polar surface area (TPSA) is 48.3 Å². The van der Waals surface area contributed by atoms with Crippen molar-refractivity contribution in [2.45, 2.75) is 32.4 Å². The van der Waals surface area contributed by atoms with E-state index in [9.17, 15) is 0 Å². The summed E-state index contributed by atoms with van der Waals surface area (Å²) in [5, 5.41) is 12.1. The Morgan fingerprint density at radius 2 is 2.00 bits per heavy atom. The second-order valence-electron chi connectivity index (χ2n) is 5.18. The molecule has 0 aromatic heterocycles. The molecule has 20 heavy (non-hydrogen) atoms. The van der Waals surface area contributed by atoms with Gasteiger partial charge in [-0.15, -0.1) is 0 Å². The second kappa shape index (κ2) is 7.88. The van der Waals surface area contributed by atoms with Crippen LogP contribution in [0.25, 0.3) is 0 Å². The zero-order chi connectivity index (χ0) is 14.2. The van der Waals surface area contributed by atoms with Crippen molar-refractivity contribution >= 4 is 0 Å². The lowest BCUT2D eigenvalue weighted by atomic mass is 10.0. The maximum atomic E-state index is 8.46. The fraction of sp³-hybridized carbons (Fsp3) is 0.562. The van der Waals surface area contributed by atoms with Gasteiger partial charge >= 0.3 is 0 Å². The van der Waals surface area contributed by atoms with Gasteiger partial charge in [-0.2, -0.15) is 5.26 Å². The molecule has 1 N–H and O–H groups in total. The SMILES string of the molecule is CCN1CCC(NCc2ccc(OCC#N)cc2)CC1. The molecule has 1 aliphatic rings. The van der Waals surface area contributed by atoms with Gasteiger partial charge < -0.3 is 15.0 Å². The first-order valence-corrected chi connectivity index (χ1v) is 7.36. The van der Waals surface area contributed by atoms with Crippen LogP contribution in [-0.2, 0) is 6.54 Å². The molecular formula is C16H23N3O.